The van der Waals surface area contributed by atoms with Crippen LogP contribution in [0.15, 0.2) is 10.5 Å². The van der Waals surface area contributed by atoms with Gasteiger partial charge in [0.15, 0.2) is 6.71 Å². The lowest BCUT2D eigenvalue weighted by Crippen LogP contribution is -2.18. The van der Waals surface area contributed by atoms with Crippen LogP contribution in [0.4, 0.5) is 0 Å². The standard InChI is InChI=1S/C11H20BBr/c1-11(2,3)9-10(13)12-7-5-4-6-8-12/h9H,4-8H2,1-3H3/b10-9-. The molecule has 0 saturated carbocycles. The predicted molar refractivity (Wildman–Crippen MR) is 65.7 cm³/mol. The fourth-order valence-corrected chi connectivity index (χ4v) is 3.05. The van der Waals surface area contributed by atoms with Crippen LogP contribution in [-0.4, -0.2) is 6.71 Å². The second-order valence-corrected chi connectivity index (χ2v) is 6.15. The SMILES string of the molecule is CC(C)(C)/C=C(\Br)B1CCCCC1. The van der Waals surface area contributed by atoms with Crippen molar-refractivity contribution in [3.8, 4) is 0 Å². The molecule has 0 amide bonds. The molecule has 0 spiro atoms. The van der Waals surface area contributed by atoms with Gasteiger partial charge in [-0.05, 0) is 9.80 Å². The molecule has 0 aromatic rings. The molecule has 0 nitrogen and oxygen atoms in total. The zero-order valence-corrected chi connectivity index (χ0v) is 10.7. The summed E-state index contributed by atoms with van der Waals surface area (Å²) < 4.78 is 1.44. The van der Waals surface area contributed by atoms with Gasteiger partial charge in [0.2, 0.25) is 0 Å². The van der Waals surface area contributed by atoms with Crippen LogP contribution in [0.25, 0.3) is 0 Å². The van der Waals surface area contributed by atoms with Crippen LogP contribution < -0.4 is 0 Å². The lowest BCUT2D eigenvalue weighted by molar-refractivity contribution is 0.544. The van der Waals surface area contributed by atoms with Gasteiger partial charge in [0.05, 0.1) is 0 Å². The number of hydrogen-bond acceptors (Lipinski definition) is 0. The minimum atomic E-state index is 0.316. The molecule has 1 fully saturated rings. The highest BCUT2D eigenvalue weighted by atomic mass is 79.9. The van der Waals surface area contributed by atoms with E-state index in [2.05, 4.69) is 42.8 Å². The maximum Gasteiger partial charge on any atom is 0.184 e. The minimum Gasteiger partial charge on any atom is -0.0780 e. The fraction of sp³-hybridized carbons (Fsp3) is 0.818. The first-order valence-electron chi connectivity index (χ1n) is 5.37. The van der Waals surface area contributed by atoms with Gasteiger partial charge in [-0.25, -0.2) is 0 Å². The van der Waals surface area contributed by atoms with Crippen LogP contribution in [0.1, 0.15) is 40.0 Å². The second-order valence-electron chi connectivity index (χ2n) is 5.23. The summed E-state index contributed by atoms with van der Waals surface area (Å²) in [5.41, 5.74) is 0.316. The van der Waals surface area contributed by atoms with E-state index >= 15 is 0 Å². The summed E-state index contributed by atoms with van der Waals surface area (Å²) >= 11 is 3.74. The van der Waals surface area contributed by atoms with E-state index in [0.717, 1.165) is 6.71 Å². The highest BCUT2D eigenvalue weighted by molar-refractivity contribution is 9.12. The van der Waals surface area contributed by atoms with E-state index in [4.69, 9.17) is 0 Å². The summed E-state index contributed by atoms with van der Waals surface area (Å²) in [6.45, 7) is 7.60. The van der Waals surface area contributed by atoms with Crippen molar-refractivity contribution in [2.75, 3.05) is 0 Å². The smallest absolute Gasteiger partial charge is 0.0780 e. The second kappa shape index (κ2) is 4.68. The van der Waals surface area contributed by atoms with Crippen LogP contribution in [0.5, 0.6) is 0 Å². The normalized spacial score (nSPS) is 20.6. The summed E-state index contributed by atoms with van der Waals surface area (Å²) in [6.07, 6.45) is 9.41. The molecule has 0 bridgehead atoms. The first kappa shape index (κ1) is 11.4. The highest BCUT2D eigenvalue weighted by Gasteiger charge is 2.21. The Hall–Kier alpha value is 0.285. The van der Waals surface area contributed by atoms with Crippen molar-refractivity contribution in [2.24, 2.45) is 5.41 Å². The summed E-state index contributed by atoms with van der Waals surface area (Å²) in [6, 6.07) is 0. The quantitative estimate of drug-likeness (QED) is 0.593. The van der Waals surface area contributed by atoms with Gasteiger partial charge in [-0.1, -0.05) is 74.7 Å². The van der Waals surface area contributed by atoms with E-state index in [0.29, 0.717) is 5.41 Å². The molecule has 0 N–H and O–H groups in total. The highest BCUT2D eigenvalue weighted by Crippen LogP contribution is 2.30. The van der Waals surface area contributed by atoms with Crippen molar-refractivity contribution in [1.82, 2.24) is 0 Å². The van der Waals surface area contributed by atoms with Gasteiger partial charge in [0, 0.05) is 0 Å². The van der Waals surface area contributed by atoms with Crippen molar-refractivity contribution in [3.05, 3.63) is 10.5 Å². The van der Waals surface area contributed by atoms with E-state index in [1.54, 1.807) is 0 Å². The van der Waals surface area contributed by atoms with Crippen molar-refractivity contribution in [1.29, 1.82) is 0 Å². The molecule has 2 heteroatoms. The van der Waals surface area contributed by atoms with Crippen molar-refractivity contribution in [3.63, 3.8) is 0 Å². The lowest BCUT2D eigenvalue weighted by Gasteiger charge is -2.21. The molecule has 13 heavy (non-hydrogen) atoms. The average Bonchev–Trinajstić information content (AvgIpc) is 2.03. The Balaban J connectivity index is 2.54. The van der Waals surface area contributed by atoms with Gasteiger partial charge in [-0.15, -0.1) is 0 Å². The Morgan fingerprint density at radius 2 is 1.69 bits per heavy atom. The van der Waals surface area contributed by atoms with Crippen molar-refractivity contribution < 1.29 is 0 Å². The van der Waals surface area contributed by atoms with Gasteiger partial charge < -0.3 is 0 Å². The third-order valence-corrected chi connectivity index (χ3v) is 3.44. The van der Waals surface area contributed by atoms with Gasteiger partial charge in [0.25, 0.3) is 0 Å². The van der Waals surface area contributed by atoms with Crippen molar-refractivity contribution in [2.45, 2.75) is 52.7 Å². The average molecular weight is 243 g/mol. The molecular weight excluding hydrogens is 223 g/mol. The van der Waals surface area contributed by atoms with Gasteiger partial charge in [0.1, 0.15) is 0 Å². The minimum absolute atomic E-state index is 0.316. The van der Waals surface area contributed by atoms with Crippen LogP contribution in [0, 0.1) is 5.41 Å². The molecule has 1 rings (SSSR count). The summed E-state index contributed by atoms with van der Waals surface area (Å²) in [5.74, 6) is 0. The summed E-state index contributed by atoms with van der Waals surface area (Å²) in [4.78, 5) is 0. The van der Waals surface area contributed by atoms with E-state index in [1.165, 1.54) is 36.3 Å². The predicted octanol–water partition coefficient (Wildman–Crippen LogP) is 4.53. The molecular formula is C11H20BBr. The van der Waals surface area contributed by atoms with Gasteiger partial charge >= 0.3 is 0 Å². The Morgan fingerprint density at radius 3 is 2.15 bits per heavy atom. The van der Waals surface area contributed by atoms with Gasteiger partial charge in [-0.2, -0.15) is 0 Å². The van der Waals surface area contributed by atoms with Crippen LogP contribution in [-0.2, 0) is 0 Å². The zero-order valence-electron chi connectivity index (χ0n) is 9.07. The zero-order chi connectivity index (χ0) is 9.90. The number of rotatable bonds is 1. The van der Waals surface area contributed by atoms with Gasteiger partial charge in [-0.3, -0.25) is 0 Å². The molecule has 0 radical (unpaired) electrons. The number of hydrogen-bond donors (Lipinski definition) is 0. The Labute approximate surface area is 91.4 Å². The molecule has 0 aliphatic carbocycles. The third kappa shape index (κ3) is 4.35. The maximum absolute atomic E-state index is 3.74. The molecule has 0 unspecified atom stereocenters. The molecule has 1 aliphatic heterocycles. The third-order valence-electron chi connectivity index (χ3n) is 2.57. The van der Waals surface area contributed by atoms with E-state index in [1.807, 2.05) is 0 Å². The molecule has 0 aromatic heterocycles. The van der Waals surface area contributed by atoms with E-state index < -0.39 is 0 Å². The topological polar surface area (TPSA) is 0 Å². The first-order valence-corrected chi connectivity index (χ1v) is 6.16. The number of halogens is 1. The maximum atomic E-state index is 3.74. The van der Waals surface area contributed by atoms with E-state index in [9.17, 15) is 0 Å². The molecule has 0 atom stereocenters. The largest absolute Gasteiger partial charge is 0.184 e. The van der Waals surface area contributed by atoms with Crippen LogP contribution in [0.3, 0.4) is 0 Å². The van der Waals surface area contributed by atoms with Crippen molar-refractivity contribution >= 4 is 22.6 Å². The molecule has 74 valence electrons. The Kier molecular flexibility index (Phi) is 4.09. The molecule has 1 aliphatic rings. The molecule has 0 aromatic carbocycles. The Morgan fingerprint density at radius 1 is 1.15 bits per heavy atom. The van der Waals surface area contributed by atoms with Crippen LogP contribution >= 0.6 is 15.9 Å². The monoisotopic (exact) mass is 242 g/mol. The molecule has 1 saturated heterocycles. The summed E-state index contributed by atoms with van der Waals surface area (Å²) in [7, 11) is 0. The van der Waals surface area contributed by atoms with Crippen LogP contribution in [0.2, 0.25) is 12.6 Å². The van der Waals surface area contributed by atoms with E-state index in [-0.39, 0.29) is 0 Å². The summed E-state index contributed by atoms with van der Waals surface area (Å²) in [5, 5.41) is 0. The fourth-order valence-electron chi connectivity index (χ4n) is 1.91. The molecule has 1 heterocycles. The first-order chi connectivity index (χ1) is 5.99. The number of allylic oxidation sites excluding steroid dienone is 1. The lowest BCUT2D eigenvalue weighted by atomic mass is 9.41. The Bertz CT molecular complexity index is 185.